The molecule has 2 N–H and O–H groups in total. The summed E-state index contributed by atoms with van der Waals surface area (Å²) in [4.78, 5) is 29.8. The summed E-state index contributed by atoms with van der Waals surface area (Å²) >= 11 is 5.92. The fourth-order valence-corrected chi connectivity index (χ4v) is 3.72. The Bertz CT molecular complexity index is 1500. The van der Waals surface area contributed by atoms with E-state index in [0.29, 0.717) is 10.8 Å². The van der Waals surface area contributed by atoms with Gasteiger partial charge in [-0.15, -0.1) is 0 Å². The van der Waals surface area contributed by atoms with Gasteiger partial charge in [0.1, 0.15) is 18.5 Å². The van der Waals surface area contributed by atoms with Crippen molar-refractivity contribution in [2.24, 2.45) is 19.2 Å². The van der Waals surface area contributed by atoms with E-state index in [9.17, 15) is 14.7 Å². The monoisotopic (exact) mass is 496 g/mol. The first-order valence-corrected chi connectivity index (χ1v) is 11.2. The van der Waals surface area contributed by atoms with Gasteiger partial charge in [0.15, 0.2) is 11.2 Å². The number of halogens is 1. The SMILES string of the molecule is Cc1ccccc1OCC(O)Cn1c(N/N=C/c2ccc(Cl)cc2)nc2c1c(=O)n(C)c(=O)n2C. The highest BCUT2D eigenvalue weighted by atomic mass is 35.5. The summed E-state index contributed by atoms with van der Waals surface area (Å²) in [5.74, 6) is 0.852. The Kier molecular flexibility index (Phi) is 7.04. The van der Waals surface area contributed by atoms with Crippen LogP contribution in [0.4, 0.5) is 5.95 Å². The van der Waals surface area contributed by atoms with Crippen LogP contribution in [-0.4, -0.2) is 42.7 Å². The average Bonchev–Trinajstić information content (AvgIpc) is 3.20. The lowest BCUT2D eigenvalue weighted by Gasteiger charge is -2.16. The molecular formula is C24H25ClN6O4. The number of aryl methyl sites for hydroxylation is 2. The van der Waals surface area contributed by atoms with Crippen LogP contribution in [0.25, 0.3) is 11.2 Å². The summed E-state index contributed by atoms with van der Waals surface area (Å²) in [5, 5.41) is 15.6. The maximum absolute atomic E-state index is 13.0. The molecule has 0 fully saturated rings. The summed E-state index contributed by atoms with van der Waals surface area (Å²) < 4.78 is 9.54. The Labute approximate surface area is 205 Å². The van der Waals surface area contributed by atoms with Crippen molar-refractivity contribution in [1.82, 2.24) is 18.7 Å². The minimum absolute atomic E-state index is 0.00983. The highest BCUT2D eigenvalue weighted by Gasteiger charge is 2.21. The van der Waals surface area contributed by atoms with Crippen molar-refractivity contribution in [3.8, 4) is 5.75 Å². The second-order valence-corrected chi connectivity index (χ2v) is 8.51. The summed E-state index contributed by atoms with van der Waals surface area (Å²) in [6.07, 6.45) is 0.587. The third kappa shape index (κ3) is 5.13. The Morgan fingerprint density at radius 1 is 1.14 bits per heavy atom. The number of aromatic nitrogens is 4. The normalized spacial score (nSPS) is 12.4. The van der Waals surface area contributed by atoms with Gasteiger partial charge in [-0.25, -0.2) is 10.2 Å². The Balaban J connectivity index is 1.66. The van der Waals surface area contributed by atoms with Crippen molar-refractivity contribution < 1.29 is 9.84 Å². The maximum atomic E-state index is 13.0. The quantitative estimate of drug-likeness (QED) is 0.285. The fraction of sp³-hybridized carbons (Fsp3) is 0.250. The highest BCUT2D eigenvalue weighted by Crippen LogP contribution is 2.19. The zero-order chi connectivity index (χ0) is 25.1. The van der Waals surface area contributed by atoms with E-state index in [-0.39, 0.29) is 30.3 Å². The average molecular weight is 497 g/mol. The van der Waals surface area contributed by atoms with E-state index in [4.69, 9.17) is 16.3 Å². The number of hydrogen-bond donors (Lipinski definition) is 2. The molecule has 11 heteroatoms. The zero-order valence-corrected chi connectivity index (χ0v) is 20.2. The topological polar surface area (TPSA) is 116 Å². The molecule has 0 saturated heterocycles. The summed E-state index contributed by atoms with van der Waals surface area (Å²) in [6.45, 7) is 1.88. The molecule has 0 aliphatic rings. The van der Waals surface area contributed by atoms with E-state index in [1.807, 2.05) is 31.2 Å². The van der Waals surface area contributed by atoms with Gasteiger partial charge in [-0.2, -0.15) is 10.1 Å². The molecule has 0 saturated carbocycles. The van der Waals surface area contributed by atoms with Crippen molar-refractivity contribution in [3.63, 3.8) is 0 Å². The van der Waals surface area contributed by atoms with Crippen LogP contribution in [0.5, 0.6) is 5.75 Å². The molecule has 1 atom stereocenters. The number of hydrogen-bond acceptors (Lipinski definition) is 7. The molecule has 0 amide bonds. The van der Waals surface area contributed by atoms with Gasteiger partial charge >= 0.3 is 5.69 Å². The number of imidazole rings is 1. The van der Waals surface area contributed by atoms with E-state index < -0.39 is 17.4 Å². The molecular weight excluding hydrogens is 472 g/mol. The number of rotatable bonds is 8. The lowest BCUT2D eigenvalue weighted by atomic mass is 10.2. The van der Waals surface area contributed by atoms with Gasteiger partial charge in [0.2, 0.25) is 5.95 Å². The van der Waals surface area contributed by atoms with E-state index >= 15 is 0 Å². The van der Waals surface area contributed by atoms with E-state index in [1.54, 1.807) is 30.5 Å². The lowest BCUT2D eigenvalue weighted by Crippen LogP contribution is -2.38. The number of fused-ring (bicyclic) bond motifs is 1. The molecule has 1 unspecified atom stereocenters. The van der Waals surface area contributed by atoms with Crippen molar-refractivity contribution in [1.29, 1.82) is 0 Å². The van der Waals surface area contributed by atoms with Crippen molar-refractivity contribution in [2.45, 2.75) is 19.6 Å². The molecule has 10 nitrogen and oxygen atoms in total. The molecule has 0 spiro atoms. The van der Waals surface area contributed by atoms with Crippen LogP contribution in [0.15, 0.2) is 63.2 Å². The lowest BCUT2D eigenvalue weighted by molar-refractivity contribution is 0.0935. The van der Waals surface area contributed by atoms with Crippen molar-refractivity contribution in [3.05, 3.63) is 85.5 Å². The van der Waals surface area contributed by atoms with Crippen molar-refractivity contribution >= 4 is 34.9 Å². The van der Waals surface area contributed by atoms with Gasteiger partial charge in [0.05, 0.1) is 12.8 Å². The smallest absolute Gasteiger partial charge is 0.332 e. The van der Waals surface area contributed by atoms with Crippen molar-refractivity contribution in [2.75, 3.05) is 12.0 Å². The van der Waals surface area contributed by atoms with Crippen LogP contribution in [0.3, 0.4) is 0 Å². The number of benzene rings is 2. The van der Waals surface area contributed by atoms with Crippen LogP contribution in [0.2, 0.25) is 5.02 Å². The zero-order valence-electron chi connectivity index (χ0n) is 19.5. The molecule has 0 bridgehead atoms. The third-order valence-electron chi connectivity index (χ3n) is 5.51. The van der Waals surface area contributed by atoms with Crippen LogP contribution < -0.4 is 21.4 Å². The molecule has 4 aromatic rings. The Hall–Kier alpha value is -3.89. The number of ether oxygens (including phenoxy) is 1. The standard InChI is InChI=1S/C24H25ClN6O4/c1-15-6-4-5-7-19(15)35-14-18(32)13-31-20-21(29(2)24(34)30(3)22(20)33)27-23(31)28-26-12-16-8-10-17(25)11-9-16/h4-12,18,32H,13-14H2,1-3H3,(H,27,28)/b26-12+. The predicted molar refractivity (Wildman–Crippen MR) is 136 cm³/mol. The van der Waals surface area contributed by atoms with Crippen LogP contribution >= 0.6 is 11.6 Å². The summed E-state index contributed by atoms with van der Waals surface area (Å²) in [5.41, 5.74) is 3.85. The molecule has 182 valence electrons. The molecule has 2 aromatic heterocycles. The first-order chi connectivity index (χ1) is 16.8. The largest absolute Gasteiger partial charge is 0.491 e. The Morgan fingerprint density at radius 2 is 1.86 bits per heavy atom. The number of aliphatic hydroxyl groups excluding tert-OH is 1. The summed E-state index contributed by atoms with van der Waals surface area (Å²) in [6, 6.07) is 14.5. The molecule has 0 aliphatic carbocycles. The third-order valence-corrected chi connectivity index (χ3v) is 5.77. The van der Waals surface area contributed by atoms with Gasteiger partial charge in [-0.05, 0) is 36.2 Å². The molecule has 4 rings (SSSR count). The number of nitrogens with one attached hydrogen (secondary N) is 1. The molecule has 2 aromatic carbocycles. The molecule has 0 aliphatic heterocycles. The van der Waals surface area contributed by atoms with Gasteiger partial charge in [-0.3, -0.25) is 13.9 Å². The van der Waals surface area contributed by atoms with Gasteiger partial charge < -0.3 is 14.4 Å². The summed E-state index contributed by atoms with van der Waals surface area (Å²) in [7, 11) is 2.92. The number of nitrogens with zero attached hydrogens (tertiary/aromatic N) is 5. The molecule has 0 radical (unpaired) electrons. The minimum atomic E-state index is -0.977. The maximum Gasteiger partial charge on any atom is 0.332 e. The van der Waals surface area contributed by atoms with E-state index in [0.717, 1.165) is 15.7 Å². The van der Waals surface area contributed by atoms with Crippen LogP contribution in [0, 0.1) is 6.92 Å². The van der Waals surface area contributed by atoms with Gasteiger partial charge in [0.25, 0.3) is 5.56 Å². The number of aliphatic hydroxyl groups is 1. The number of anilines is 1. The number of para-hydroxylation sites is 1. The highest BCUT2D eigenvalue weighted by molar-refractivity contribution is 6.30. The van der Waals surface area contributed by atoms with Gasteiger partial charge in [0, 0.05) is 19.1 Å². The minimum Gasteiger partial charge on any atom is -0.491 e. The second kappa shape index (κ2) is 10.2. The molecule has 35 heavy (non-hydrogen) atoms. The van der Waals surface area contributed by atoms with Crippen LogP contribution in [-0.2, 0) is 20.6 Å². The first-order valence-electron chi connectivity index (χ1n) is 10.8. The predicted octanol–water partition coefficient (Wildman–Crippen LogP) is 2.28. The second-order valence-electron chi connectivity index (χ2n) is 8.08. The number of hydrazone groups is 1. The Morgan fingerprint density at radius 3 is 2.57 bits per heavy atom. The van der Waals surface area contributed by atoms with E-state index in [2.05, 4.69) is 15.5 Å². The van der Waals surface area contributed by atoms with Gasteiger partial charge in [-0.1, -0.05) is 41.9 Å². The fourth-order valence-electron chi connectivity index (χ4n) is 3.59. The van der Waals surface area contributed by atoms with E-state index in [1.165, 1.54) is 23.2 Å². The van der Waals surface area contributed by atoms with Crippen LogP contribution in [0.1, 0.15) is 11.1 Å². The first kappa shape index (κ1) is 24.2. The molecule has 2 heterocycles.